The zero-order valence-electron chi connectivity index (χ0n) is 22.9. The van der Waals surface area contributed by atoms with E-state index in [1.807, 2.05) is 0 Å². The number of hydrogen-bond acceptors (Lipinski definition) is 7. The van der Waals surface area contributed by atoms with Crippen molar-refractivity contribution in [3.05, 3.63) is 41.0 Å². The number of nitriles is 1. The molecule has 1 aliphatic heterocycles. The van der Waals surface area contributed by atoms with Gasteiger partial charge in [-0.05, 0) is 59.9 Å². The minimum atomic E-state index is -0.783. The summed E-state index contributed by atoms with van der Waals surface area (Å²) in [5.41, 5.74) is 1.52. The van der Waals surface area contributed by atoms with Crippen LogP contribution in [0.3, 0.4) is 0 Å². The Kier molecular flexibility index (Phi) is 6.68. The number of halogens is 1. The van der Waals surface area contributed by atoms with Crippen LogP contribution in [0.15, 0.2) is 18.3 Å². The molecule has 11 heteroatoms. The summed E-state index contributed by atoms with van der Waals surface area (Å²) >= 11 is 0. The summed E-state index contributed by atoms with van der Waals surface area (Å²) in [7, 11) is 1.51. The van der Waals surface area contributed by atoms with E-state index < -0.39 is 17.5 Å². The van der Waals surface area contributed by atoms with Crippen LogP contribution in [0.25, 0.3) is 27.6 Å². The number of carbonyl (C=O) groups is 1. The van der Waals surface area contributed by atoms with Gasteiger partial charge in [-0.2, -0.15) is 10.4 Å². The number of nitrogens with one attached hydrogen (secondary N) is 1. The lowest BCUT2D eigenvalue weighted by Gasteiger charge is -2.24. The Balaban J connectivity index is 1.83. The molecule has 0 bridgehead atoms. The Bertz CT molecular complexity index is 1640. The van der Waals surface area contributed by atoms with Gasteiger partial charge in [-0.1, -0.05) is 0 Å². The molecular weight excluding hydrogens is 503 g/mol. The second-order valence-corrected chi connectivity index (χ2v) is 10.6. The number of ether oxygens (including phenoxy) is 3. The number of rotatable bonds is 4. The van der Waals surface area contributed by atoms with Crippen LogP contribution in [0.2, 0.25) is 0 Å². The van der Waals surface area contributed by atoms with Crippen LogP contribution in [0.5, 0.6) is 5.75 Å². The second kappa shape index (κ2) is 9.85. The van der Waals surface area contributed by atoms with Crippen molar-refractivity contribution < 1.29 is 23.4 Å². The van der Waals surface area contributed by atoms with Crippen LogP contribution in [-0.2, 0) is 9.47 Å². The van der Waals surface area contributed by atoms with Crippen LogP contribution >= 0.6 is 0 Å². The molecule has 5 rings (SSSR count). The highest BCUT2D eigenvalue weighted by Gasteiger charge is 2.29. The highest BCUT2D eigenvalue weighted by Crippen LogP contribution is 2.40. The van der Waals surface area contributed by atoms with Crippen molar-refractivity contribution in [2.45, 2.75) is 65.7 Å². The molecule has 0 saturated carbocycles. The maximum Gasteiger partial charge on any atom is 0.413 e. The van der Waals surface area contributed by atoms with Gasteiger partial charge in [0.25, 0.3) is 0 Å². The van der Waals surface area contributed by atoms with Crippen LogP contribution in [0.1, 0.15) is 63.1 Å². The lowest BCUT2D eigenvalue weighted by molar-refractivity contribution is -0.0366. The number of amides is 1. The topological polar surface area (TPSA) is 116 Å². The molecule has 4 aromatic rings. The summed E-state index contributed by atoms with van der Waals surface area (Å²) in [6.07, 6.45) is 3.29. The lowest BCUT2D eigenvalue weighted by atomic mass is 10.1. The van der Waals surface area contributed by atoms with Crippen molar-refractivity contribution in [1.82, 2.24) is 19.3 Å². The van der Waals surface area contributed by atoms with Crippen molar-refractivity contribution >= 4 is 33.8 Å². The average molecular weight is 535 g/mol. The quantitative estimate of drug-likeness (QED) is 0.338. The normalized spacial score (nSPS) is 15.9. The molecule has 10 nitrogen and oxygen atoms in total. The Morgan fingerprint density at radius 3 is 2.67 bits per heavy atom. The number of pyridine rings is 1. The third-order valence-electron chi connectivity index (χ3n) is 6.76. The minimum absolute atomic E-state index is 0.110. The molecule has 1 unspecified atom stereocenters. The molecule has 1 aliphatic rings. The van der Waals surface area contributed by atoms with E-state index in [9.17, 15) is 10.1 Å². The van der Waals surface area contributed by atoms with Gasteiger partial charge in [-0.25, -0.2) is 18.9 Å². The first-order chi connectivity index (χ1) is 18.5. The molecule has 1 amide bonds. The van der Waals surface area contributed by atoms with Crippen molar-refractivity contribution in [1.29, 1.82) is 5.26 Å². The first-order valence-electron chi connectivity index (χ1n) is 12.8. The number of aromatic nitrogens is 4. The Labute approximate surface area is 225 Å². The summed E-state index contributed by atoms with van der Waals surface area (Å²) in [5.74, 6) is 0.116. The van der Waals surface area contributed by atoms with Crippen LogP contribution < -0.4 is 10.1 Å². The molecule has 1 aromatic carbocycles. The third-order valence-corrected chi connectivity index (χ3v) is 6.76. The number of methoxy groups -OCH3 is 1. The van der Waals surface area contributed by atoms with Crippen molar-refractivity contribution in [3.63, 3.8) is 0 Å². The first-order valence-corrected chi connectivity index (χ1v) is 12.8. The van der Waals surface area contributed by atoms with E-state index in [1.165, 1.54) is 13.2 Å². The number of nitrogens with zero attached hydrogens (tertiary/aromatic N) is 5. The van der Waals surface area contributed by atoms with Crippen LogP contribution in [0.4, 0.5) is 15.0 Å². The third kappa shape index (κ3) is 4.65. The fourth-order valence-electron chi connectivity index (χ4n) is 5.01. The van der Waals surface area contributed by atoms with Crippen LogP contribution in [0, 0.1) is 31.0 Å². The summed E-state index contributed by atoms with van der Waals surface area (Å²) in [6.45, 7) is 9.25. The zero-order valence-corrected chi connectivity index (χ0v) is 22.9. The van der Waals surface area contributed by atoms with Gasteiger partial charge in [0.2, 0.25) is 0 Å². The molecule has 0 aliphatic carbocycles. The largest absolute Gasteiger partial charge is 0.495 e. The standard InChI is InChI=1S/C28H31FN6O4/c1-15-20(29)12-21-19(14-31-35(21)23-9-7-8-10-38-23)24(15)34-25-17(11-22(37-6)16(2)32-25)18(13-30)26(34)33-27(36)39-28(3,4)5/h11-12,14,23H,7-10H2,1-6H3,(H,33,36). The van der Waals surface area contributed by atoms with Gasteiger partial charge in [-0.3, -0.25) is 9.88 Å². The Morgan fingerprint density at radius 2 is 2.03 bits per heavy atom. The SMILES string of the molecule is COc1cc2c(C#N)c(NC(=O)OC(C)(C)C)n(-c3c(C)c(F)cc4c3cnn4C3CCCCO3)c2nc1C. The highest BCUT2D eigenvalue weighted by molar-refractivity contribution is 6.01. The monoisotopic (exact) mass is 534 g/mol. The molecule has 1 saturated heterocycles. The van der Waals surface area contributed by atoms with Crippen molar-refractivity contribution in [3.8, 4) is 17.5 Å². The first kappa shape index (κ1) is 26.4. The van der Waals surface area contributed by atoms with E-state index in [1.54, 1.807) is 56.1 Å². The molecular formula is C28H31FN6O4. The summed E-state index contributed by atoms with van der Waals surface area (Å²) < 4.78 is 35.8. The molecule has 0 radical (unpaired) electrons. The number of hydrogen-bond donors (Lipinski definition) is 1. The van der Waals surface area contributed by atoms with Crippen molar-refractivity contribution in [2.24, 2.45) is 0 Å². The van der Waals surface area contributed by atoms with Crippen LogP contribution in [-0.4, -0.2) is 44.7 Å². The molecule has 39 heavy (non-hydrogen) atoms. The van der Waals surface area contributed by atoms with E-state index in [-0.39, 0.29) is 17.6 Å². The number of aryl methyl sites for hydroxylation is 1. The lowest BCUT2D eigenvalue weighted by Crippen LogP contribution is -2.28. The Hall–Kier alpha value is -4.17. The fourth-order valence-corrected chi connectivity index (χ4v) is 5.01. The van der Waals surface area contributed by atoms with E-state index in [0.717, 1.165) is 19.3 Å². The summed E-state index contributed by atoms with van der Waals surface area (Å²) in [6, 6.07) is 5.32. The average Bonchev–Trinajstić information content (AvgIpc) is 3.42. The van der Waals surface area contributed by atoms with Gasteiger partial charge in [0.05, 0.1) is 30.2 Å². The highest BCUT2D eigenvalue weighted by atomic mass is 19.1. The van der Waals surface area contributed by atoms with Gasteiger partial charge in [0, 0.05) is 29.0 Å². The number of carbonyl (C=O) groups excluding carboxylic acids is 1. The van der Waals surface area contributed by atoms with E-state index in [0.29, 0.717) is 51.2 Å². The van der Waals surface area contributed by atoms with Gasteiger partial charge in [0.1, 0.15) is 40.3 Å². The van der Waals surface area contributed by atoms with Gasteiger partial charge < -0.3 is 14.2 Å². The molecule has 1 N–H and O–H groups in total. The number of anilines is 1. The molecule has 1 fully saturated rings. The summed E-state index contributed by atoms with van der Waals surface area (Å²) in [5, 5.41) is 18.6. The predicted octanol–water partition coefficient (Wildman–Crippen LogP) is 6.06. The predicted molar refractivity (Wildman–Crippen MR) is 144 cm³/mol. The van der Waals surface area contributed by atoms with Crippen molar-refractivity contribution in [2.75, 3.05) is 19.0 Å². The summed E-state index contributed by atoms with van der Waals surface area (Å²) in [4.78, 5) is 17.7. The Morgan fingerprint density at radius 1 is 1.26 bits per heavy atom. The van der Waals surface area contributed by atoms with Gasteiger partial charge >= 0.3 is 6.09 Å². The molecule has 4 heterocycles. The van der Waals surface area contributed by atoms with E-state index >= 15 is 4.39 Å². The smallest absolute Gasteiger partial charge is 0.413 e. The molecule has 204 valence electrons. The maximum absolute atomic E-state index is 15.6. The minimum Gasteiger partial charge on any atom is -0.495 e. The second-order valence-electron chi connectivity index (χ2n) is 10.6. The zero-order chi connectivity index (χ0) is 28.1. The molecule has 0 spiro atoms. The number of benzene rings is 1. The molecule has 3 aromatic heterocycles. The maximum atomic E-state index is 15.6. The number of fused-ring (bicyclic) bond motifs is 2. The van der Waals surface area contributed by atoms with Gasteiger partial charge in [-0.15, -0.1) is 0 Å². The van der Waals surface area contributed by atoms with Gasteiger partial charge in [0.15, 0.2) is 6.23 Å². The van der Waals surface area contributed by atoms with E-state index in [2.05, 4.69) is 16.5 Å². The van der Waals surface area contributed by atoms with E-state index in [4.69, 9.17) is 19.2 Å². The fraction of sp³-hybridized carbons (Fsp3) is 0.429. The molecule has 1 atom stereocenters.